The highest BCUT2D eigenvalue weighted by Gasteiger charge is 2.09. The molecule has 3 aromatic carbocycles. The highest BCUT2D eigenvalue weighted by atomic mass is 16.1. The fraction of sp³-hybridized carbons (Fsp3) is 0.130. The van der Waals surface area contributed by atoms with Crippen LogP contribution in [-0.4, -0.2) is 18.8 Å². The van der Waals surface area contributed by atoms with Crippen LogP contribution in [0, 0.1) is 6.92 Å². The number of benzene rings is 3. The van der Waals surface area contributed by atoms with Crippen LogP contribution in [0.3, 0.4) is 0 Å². The molecule has 0 spiro atoms. The number of nitrogens with two attached hydrogens (primary N) is 1. The van der Waals surface area contributed by atoms with Gasteiger partial charge in [-0.25, -0.2) is 0 Å². The minimum atomic E-state index is -0.0918. The number of rotatable bonds is 5. The largest absolute Gasteiger partial charge is 0.384 e. The van der Waals surface area contributed by atoms with Crippen molar-refractivity contribution in [1.82, 2.24) is 5.32 Å². The van der Waals surface area contributed by atoms with Gasteiger partial charge in [0.15, 0.2) is 0 Å². The van der Waals surface area contributed by atoms with Crippen molar-refractivity contribution in [3.05, 3.63) is 95.1 Å². The third-order valence-corrected chi connectivity index (χ3v) is 4.55. The lowest BCUT2D eigenvalue weighted by atomic mass is 10.0. The number of amidine groups is 1. The molecule has 0 unspecified atom stereocenters. The molecule has 0 saturated heterocycles. The minimum Gasteiger partial charge on any atom is -0.384 e. The van der Waals surface area contributed by atoms with E-state index in [9.17, 15) is 4.79 Å². The van der Waals surface area contributed by atoms with Crippen molar-refractivity contribution in [1.29, 1.82) is 0 Å². The number of aliphatic imine (C=N–C) groups is 1. The van der Waals surface area contributed by atoms with Gasteiger partial charge >= 0.3 is 0 Å². The van der Waals surface area contributed by atoms with E-state index < -0.39 is 0 Å². The summed E-state index contributed by atoms with van der Waals surface area (Å²) in [5.41, 5.74) is 11.6. The quantitative estimate of drug-likeness (QED) is 0.537. The summed E-state index contributed by atoms with van der Waals surface area (Å²) in [4.78, 5) is 16.6. The molecule has 27 heavy (non-hydrogen) atoms. The zero-order valence-corrected chi connectivity index (χ0v) is 15.6. The van der Waals surface area contributed by atoms with Gasteiger partial charge in [-0.1, -0.05) is 54.6 Å². The maximum Gasteiger partial charge on any atom is 0.251 e. The van der Waals surface area contributed by atoms with Gasteiger partial charge in [0, 0.05) is 24.7 Å². The molecular weight excluding hydrogens is 334 g/mol. The first-order valence-electron chi connectivity index (χ1n) is 8.84. The minimum absolute atomic E-state index is 0.0918. The lowest BCUT2D eigenvalue weighted by Crippen LogP contribution is -2.23. The van der Waals surface area contributed by atoms with Crippen LogP contribution in [0.25, 0.3) is 11.1 Å². The summed E-state index contributed by atoms with van der Waals surface area (Å²) in [5.74, 6) is 0.414. The summed E-state index contributed by atoms with van der Waals surface area (Å²) < 4.78 is 0. The van der Waals surface area contributed by atoms with E-state index in [1.807, 2.05) is 79.7 Å². The summed E-state index contributed by atoms with van der Waals surface area (Å²) in [6.07, 6.45) is 0. The molecule has 0 aromatic heterocycles. The third-order valence-electron chi connectivity index (χ3n) is 4.55. The number of carbonyl (C=O) groups excluding carboxylic acids is 1. The average molecular weight is 357 g/mol. The molecule has 3 N–H and O–H groups in total. The van der Waals surface area contributed by atoms with Crippen molar-refractivity contribution in [3.63, 3.8) is 0 Å². The first-order chi connectivity index (χ1) is 13.1. The van der Waals surface area contributed by atoms with Gasteiger partial charge in [-0.2, -0.15) is 0 Å². The molecule has 4 heteroatoms. The van der Waals surface area contributed by atoms with Crippen LogP contribution in [0.5, 0.6) is 0 Å². The molecule has 0 atom stereocenters. The Morgan fingerprint density at radius 1 is 0.926 bits per heavy atom. The monoisotopic (exact) mass is 357 g/mol. The van der Waals surface area contributed by atoms with E-state index in [0.29, 0.717) is 17.9 Å². The van der Waals surface area contributed by atoms with Gasteiger partial charge < -0.3 is 11.1 Å². The first-order valence-corrected chi connectivity index (χ1v) is 8.84. The zero-order chi connectivity index (χ0) is 19.2. The number of nitrogens with one attached hydrogen (secondary N) is 1. The van der Waals surface area contributed by atoms with Crippen molar-refractivity contribution in [2.75, 3.05) is 7.05 Å². The molecule has 4 nitrogen and oxygen atoms in total. The van der Waals surface area contributed by atoms with Crippen LogP contribution < -0.4 is 11.1 Å². The van der Waals surface area contributed by atoms with Crippen LogP contribution in [-0.2, 0) is 6.54 Å². The Morgan fingerprint density at radius 2 is 1.67 bits per heavy atom. The van der Waals surface area contributed by atoms with Crippen LogP contribution in [0.15, 0.2) is 77.8 Å². The van der Waals surface area contributed by atoms with Crippen LogP contribution in [0.1, 0.15) is 27.0 Å². The standard InChI is InChI=1S/C23H23N3O/c1-16-13-19(22(24)25-2)11-12-21(16)15-26-23(27)20-10-6-9-18(14-20)17-7-4-3-5-8-17/h3-14H,15H2,1-2H3,(H2,24,25)(H,26,27). The van der Waals surface area contributed by atoms with E-state index >= 15 is 0 Å². The molecule has 0 aliphatic rings. The van der Waals surface area contributed by atoms with Crippen molar-refractivity contribution >= 4 is 11.7 Å². The molecular formula is C23H23N3O. The molecule has 0 fully saturated rings. The predicted octanol–water partition coefficient (Wildman–Crippen LogP) is 3.93. The molecule has 0 heterocycles. The van der Waals surface area contributed by atoms with Crippen LogP contribution in [0.2, 0.25) is 0 Å². The lowest BCUT2D eigenvalue weighted by molar-refractivity contribution is 0.0951. The van der Waals surface area contributed by atoms with E-state index in [2.05, 4.69) is 10.3 Å². The molecule has 0 bridgehead atoms. The Morgan fingerprint density at radius 3 is 2.37 bits per heavy atom. The number of aryl methyl sites for hydroxylation is 1. The van der Waals surface area contributed by atoms with Gasteiger partial charge in [0.05, 0.1) is 0 Å². The summed E-state index contributed by atoms with van der Waals surface area (Å²) in [6.45, 7) is 2.47. The lowest BCUT2D eigenvalue weighted by Gasteiger charge is -2.11. The molecule has 0 saturated carbocycles. The Hall–Kier alpha value is -3.40. The second kappa shape index (κ2) is 8.32. The van der Waals surface area contributed by atoms with Crippen LogP contribution in [0.4, 0.5) is 0 Å². The number of amides is 1. The average Bonchev–Trinajstić information content (AvgIpc) is 2.72. The van der Waals surface area contributed by atoms with E-state index in [1.54, 1.807) is 7.05 Å². The summed E-state index contributed by atoms with van der Waals surface area (Å²) in [5, 5.41) is 3.00. The van der Waals surface area contributed by atoms with Crippen molar-refractivity contribution < 1.29 is 4.79 Å². The van der Waals surface area contributed by atoms with E-state index in [1.165, 1.54) is 0 Å². The SMILES string of the molecule is CN=C(N)c1ccc(CNC(=O)c2cccc(-c3ccccc3)c2)c(C)c1. The number of carbonyl (C=O) groups is 1. The summed E-state index contributed by atoms with van der Waals surface area (Å²) in [6, 6.07) is 23.6. The van der Waals surface area contributed by atoms with Crippen molar-refractivity contribution in [3.8, 4) is 11.1 Å². The molecule has 1 amide bonds. The maximum atomic E-state index is 12.6. The number of nitrogens with zero attached hydrogens (tertiary/aromatic N) is 1. The van der Waals surface area contributed by atoms with Gasteiger partial charge in [-0.3, -0.25) is 9.79 Å². The van der Waals surface area contributed by atoms with E-state index in [4.69, 9.17) is 5.73 Å². The van der Waals surface area contributed by atoms with Gasteiger partial charge in [-0.15, -0.1) is 0 Å². The fourth-order valence-electron chi connectivity index (χ4n) is 2.93. The molecule has 0 aliphatic heterocycles. The third kappa shape index (κ3) is 4.42. The maximum absolute atomic E-state index is 12.6. The fourth-order valence-corrected chi connectivity index (χ4v) is 2.93. The predicted molar refractivity (Wildman–Crippen MR) is 111 cm³/mol. The van der Waals surface area contributed by atoms with Gasteiger partial charge in [0.1, 0.15) is 5.84 Å². The summed E-state index contributed by atoms with van der Waals surface area (Å²) >= 11 is 0. The van der Waals surface area contributed by atoms with Gasteiger partial charge in [-0.05, 0) is 47.4 Å². The zero-order valence-electron chi connectivity index (χ0n) is 15.6. The molecule has 3 aromatic rings. The second-order valence-corrected chi connectivity index (χ2v) is 6.38. The van der Waals surface area contributed by atoms with Crippen LogP contribution >= 0.6 is 0 Å². The molecule has 0 aliphatic carbocycles. The van der Waals surface area contributed by atoms with E-state index in [-0.39, 0.29) is 5.91 Å². The Bertz CT molecular complexity index is 978. The van der Waals surface area contributed by atoms with E-state index in [0.717, 1.165) is 27.8 Å². The normalized spacial score (nSPS) is 11.3. The highest BCUT2D eigenvalue weighted by molar-refractivity contribution is 5.97. The number of hydrogen-bond donors (Lipinski definition) is 2. The topological polar surface area (TPSA) is 67.5 Å². The Balaban J connectivity index is 1.71. The smallest absolute Gasteiger partial charge is 0.251 e. The first kappa shape index (κ1) is 18.4. The Labute approximate surface area is 159 Å². The Kier molecular flexibility index (Phi) is 5.67. The van der Waals surface area contributed by atoms with Crippen molar-refractivity contribution in [2.24, 2.45) is 10.7 Å². The molecule has 136 valence electrons. The van der Waals surface area contributed by atoms with Gasteiger partial charge in [0.2, 0.25) is 0 Å². The highest BCUT2D eigenvalue weighted by Crippen LogP contribution is 2.20. The summed E-state index contributed by atoms with van der Waals surface area (Å²) in [7, 11) is 1.67. The second-order valence-electron chi connectivity index (χ2n) is 6.38. The van der Waals surface area contributed by atoms with Crippen molar-refractivity contribution in [2.45, 2.75) is 13.5 Å². The molecule has 0 radical (unpaired) electrons. The number of hydrogen-bond acceptors (Lipinski definition) is 2. The molecule has 3 rings (SSSR count). The van der Waals surface area contributed by atoms with Gasteiger partial charge in [0.25, 0.3) is 5.91 Å².